The highest BCUT2D eigenvalue weighted by Gasteiger charge is 2.24. The molecule has 2 aliphatic heterocycles. The number of rotatable bonds is 2. The monoisotopic (exact) mass is 384 g/mol. The van der Waals surface area contributed by atoms with E-state index in [0.717, 1.165) is 43.7 Å². The van der Waals surface area contributed by atoms with Crippen LogP contribution in [0, 0.1) is 6.92 Å². The maximum Gasteiger partial charge on any atom is 0.164 e. The van der Waals surface area contributed by atoms with E-state index in [-0.39, 0.29) is 0 Å². The molecule has 1 fully saturated rings. The van der Waals surface area contributed by atoms with Gasteiger partial charge in [-0.15, -0.1) is 0 Å². The van der Waals surface area contributed by atoms with Gasteiger partial charge in [0.25, 0.3) is 0 Å². The summed E-state index contributed by atoms with van der Waals surface area (Å²) in [5, 5.41) is 1.69. The summed E-state index contributed by atoms with van der Waals surface area (Å²) in [6.07, 6.45) is 2.24. The third-order valence-electron chi connectivity index (χ3n) is 4.57. The van der Waals surface area contributed by atoms with E-state index >= 15 is 0 Å². The van der Waals surface area contributed by atoms with E-state index in [9.17, 15) is 0 Å². The van der Waals surface area contributed by atoms with Gasteiger partial charge in [-0.25, -0.2) is 4.98 Å². The topological polar surface area (TPSA) is 31.7 Å². The van der Waals surface area contributed by atoms with Gasteiger partial charge in [-0.05, 0) is 30.7 Å². The molecule has 1 saturated heterocycles. The fourth-order valence-corrected chi connectivity index (χ4v) is 4.27. The van der Waals surface area contributed by atoms with E-state index < -0.39 is 0 Å². The third kappa shape index (κ3) is 4.05. The lowest BCUT2D eigenvalue weighted by Crippen LogP contribution is -2.48. The third-order valence-corrected chi connectivity index (χ3v) is 5.86. The summed E-state index contributed by atoms with van der Waals surface area (Å²) in [6, 6.07) is 14.4. The second-order valence-corrected chi connectivity index (χ2v) is 8.00. The Morgan fingerprint density at radius 2 is 1.73 bits per heavy atom. The second kappa shape index (κ2) is 7.72. The highest BCUT2D eigenvalue weighted by Crippen LogP contribution is 2.30. The van der Waals surface area contributed by atoms with Gasteiger partial charge in [-0.2, -0.15) is 0 Å². The smallest absolute Gasteiger partial charge is 0.164 e. The van der Waals surface area contributed by atoms with Crippen molar-refractivity contribution >= 4 is 40.4 Å². The second-order valence-electron chi connectivity index (χ2n) is 6.51. The molecule has 134 valence electrons. The number of nitrogens with zero attached hydrogens (tertiary/aromatic N) is 4. The zero-order chi connectivity index (χ0) is 17.9. The number of benzene rings is 1. The number of anilines is 1. The van der Waals surface area contributed by atoms with Gasteiger partial charge in [-0.1, -0.05) is 59.3 Å². The van der Waals surface area contributed by atoms with Crippen LogP contribution in [-0.4, -0.2) is 47.8 Å². The zero-order valence-corrected chi connectivity index (χ0v) is 16.3. The average molecular weight is 385 g/mol. The van der Waals surface area contributed by atoms with Crippen molar-refractivity contribution in [2.75, 3.05) is 37.6 Å². The lowest BCUT2D eigenvalue weighted by molar-refractivity contribution is 0.391. The van der Waals surface area contributed by atoms with Crippen molar-refractivity contribution in [3.05, 3.63) is 63.6 Å². The van der Waals surface area contributed by atoms with Crippen molar-refractivity contribution in [3.63, 3.8) is 0 Å². The summed E-state index contributed by atoms with van der Waals surface area (Å²) in [5.41, 5.74) is 2.53. The van der Waals surface area contributed by atoms with Crippen LogP contribution >= 0.6 is 23.4 Å². The lowest BCUT2D eigenvalue weighted by Gasteiger charge is -2.36. The van der Waals surface area contributed by atoms with Gasteiger partial charge in [0.15, 0.2) is 5.17 Å². The fraction of sp³-hybridized carbons (Fsp3) is 0.300. The maximum atomic E-state index is 6.01. The van der Waals surface area contributed by atoms with Crippen LogP contribution in [0.15, 0.2) is 52.4 Å². The van der Waals surface area contributed by atoms with Gasteiger partial charge in [0, 0.05) is 31.1 Å². The molecular formula is C20H21ClN4S. The predicted molar refractivity (Wildman–Crippen MR) is 112 cm³/mol. The lowest BCUT2D eigenvalue weighted by atomic mass is 10.1. The molecule has 4 nitrogen and oxygen atoms in total. The van der Waals surface area contributed by atoms with Crippen LogP contribution in [0.1, 0.15) is 11.1 Å². The number of amidine groups is 1. The number of aryl methyl sites for hydroxylation is 1. The normalized spacial score (nSPS) is 19.2. The predicted octanol–water partition coefficient (Wildman–Crippen LogP) is 4.31. The SMILES string of the molecule is Cc1ccc(C=C2CN=C(N3CCN(c4cccc(Cl)n4)CC3)S2)cc1. The molecule has 6 heteroatoms. The highest BCUT2D eigenvalue weighted by molar-refractivity contribution is 8.17. The largest absolute Gasteiger partial charge is 0.353 e. The molecule has 0 aliphatic carbocycles. The Morgan fingerprint density at radius 1 is 1.00 bits per heavy atom. The van der Waals surface area contributed by atoms with E-state index in [4.69, 9.17) is 16.6 Å². The first kappa shape index (κ1) is 17.4. The summed E-state index contributed by atoms with van der Waals surface area (Å²) < 4.78 is 0. The molecule has 3 heterocycles. The molecule has 26 heavy (non-hydrogen) atoms. The van der Waals surface area contributed by atoms with Crippen molar-refractivity contribution in [1.29, 1.82) is 0 Å². The molecule has 1 aromatic carbocycles. The van der Waals surface area contributed by atoms with Gasteiger partial charge in [0.1, 0.15) is 11.0 Å². The van der Waals surface area contributed by atoms with Gasteiger partial charge in [-0.3, -0.25) is 4.99 Å². The Bertz CT molecular complexity index is 839. The van der Waals surface area contributed by atoms with Crippen LogP contribution in [0.3, 0.4) is 0 Å². The quantitative estimate of drug-likeness (QED) is 0.722. The summed E-state index contributed by atoms with van der Waals surface area (Å²) in [6.45, 7) is 6.68. The number of halogens is 1. The van der Waals surface area contributed by atoms with Crippen LogP contribution in [0.25, 0.3) is 6.08 Å². The molecule has 0 N–H and O–H groups in total. The van der Waals surface area contributed by atoms with E-state index in [1.165, 1.54) is 16.0 Å². The number of hydrogen-bond acceptors (Lipinski definition) is 5. The van der Waals surface area contributed by atoms with E-state index in [1.54, 1.807) is 11.8 Å². The van der Waals surface area contributed by atoms with Crippen LogP contribution in [0.2, 0.25) is 5.15 Å². The molecule has 0 saturated carbocycles. The molecule has 1 aromatic heterocycles. The average Bonchev–Trinajstić information content (AvgIpc) is 3.12. The molecule has 0 spiro atoms. The van der Waals surface area contributed by atoms with Crippen molar-refractivity contribution in [2.24, 2.45) is 4.99 Å². The van der Waals surface area contributed by atoms with E-state index in [1.807, 2.05) is 18.2 Å². The Balaban J connectivity index is 1.35. The molecule has 0 atom stereocenters. The standard InChI is InChI=1S/C20H21ClN4S/c1-15-5-7-16(8-6-15)13-17-14-22-20(26-17)25-11-9-24(10-12-25)19-4-2-3-18(21)23-19/h2-8,13H,9-12,14H2,1H3. The maximum absolute atomic E-state index is 6.01. The van der Waals surface area contributed by atoms with Crippen LogP contribution in [0.4, 0.5) is 5.82 Å². The van der Waals surface area contributed by atoms with Gasteiger partial charge >= 0.3 is 0 Å². The molecule has 2 aromatic rings. The minimum atomic E-state index is 0.548. The number of aromatic nitrogens is 1. The summed E-state index contributed by atoms with van der Waals surface area (Å²) >= 11 is 7.81. The van der Waals surface area contributed by atoms with Crippen molar-refractivity contribution in [2.45, 2.75) is 6.92 Å². The fourth-order valence-electron chi connectivity index (χ4n) is 3.12. The first-order valence-electron chi connectivity index (χ1n) is 8.79. The Morgan fingerprint density at radius 3 is 2.46 bits per heavy atom. The Kier molecular flexibility index (Phi) is 5.18. The Hall–Kier alpha value is -1.98. The summed E-state index contributed by atoms with van der Waals surface area (Å²) in [7, 11) is 0. The number of hydrogen-bond donors (Lipinski definition) is 0. The van der Waals surface area contributed by atoms with Crippen molar-refractivity contribution < 1.29 is 0 Å². The molecule has 2 aliphatic rings. The van der Waals surface area contributed by atoms with Gasteiger partial charge in [0.05, 0.1) is 6.54 Å². The first-order chi connectivity index (χ1) is 12.7. The minimum Gasteiger partial charge on any atom is -0.353 e. The first-order valence-corrected chi connectivity index (χ1v) is 9.99. The molecule has 0 amide bonds. The molecule has 0 bridgehead atoms. The van der Waals surface area contributed by atoms with Crippen LogP contribution in [-0.2, 0) is 0 Å². The van der Waals surface area contributed by atoms with Crippen LogP contribution < -0.4 is 4.90 Å². The van der Waals surface area contributed by atoms with E-state index in [0.29, 0.717) is 5.15 Å². The Labute approximate surface area is 163 Å². The number of thioether (sulfide) groups is 1. The van der Waals surface area contributed by atoms with E-state index in [2.05, 4.69) is 52.0 Å². The molecule has 4 rings (SSSR count). The number of pyridine rings is 1. The summed E-state index contributed by atoms with van der Waals surface area (Å²) in [4.78, 5) is 15.1. The number of piperazine rings is 1. The van der Waals surface area contributed by atoms with Crippen LogP contribution in [0.5, 0.6) is 0 Å². The molecular weight excluding hydrogens is 364 g/mol. The number of aliphatic imine (C=N–C) groups is 1. The molecule has 0 unspecified atom stereocenters. The zero-order valence-electron chi connectivity index (χ0n) is 14.7. The summed E-state index contributed by atoms with van der Waals surface area (Å²) in [5.74, 6) is 0.957. The van der Waals surface area contributed by atoms with Gasteiger partial charge in [0.2, 0.25) is 0 Å². The highest BCUT2D eigenvalue weighted by atomic mass is 35.5. The van der Waals surface area contributed by atoms with Crippen molar-refractivity contribution in [3.8, 4) is 0 Å². The van der Waals surface area contributed by atoms with Gasteiger partial charge < -0.3 is 9.80 Å². The molecule has 0 radical (unpaired) electrons. The van der Waals surface area contributed by atoms with Crippen molar-refractivity contribution in [1.82, 2.24) is 9.88 Å². The minimum absolute atomic E-state index is 0.548.